The molecule has 1 aromatic carbocycles. The van der Waals surface area contributed by atoms with Gasteiger partial charge < -0.3 is 14.8 Å². The first-order valence-electron chi connectivity index (χ1n) is 4.73. The van der Waals surface area contributed by atoms with Crippen molar-refractivity contribution in [3.63, 3.8) is 0 Å². The second-order valence-electron chi connectivity index (χ2n) is 3.18. The van der Waals surface area contributed by atoms with Crippen molar-refractivity contribution in [1.82, 2.24) is 5.32 Å². The van der Waals surface area contributed by atoms with E-state index in [1.54, 1.807) is 14.2 Å². The smallest absolute Gasteiger partial charge is 0.137 e. The summed E-state index contributed by atoms with van der Waals surface area (Å²) in [5, 5.41) is 3.67. The molecule has 0 spiro atoms. The summed E-state index contributed by atoms with van der Waals surface area (Å²) in [6.07, 6.45) is 0.0124. The zero-order chi connectivity index (χ0) is 11.3. The Morgan fingerprint density at radius 2 is 2.13 bits per heavy atom. The van der Waals surface area contributed by atoms with Crippen molar-refractivity contribution in [3.8, 4) is 5.75 Å². The molecule has 1 unspecified atom stereocenters. The molecule has 0 aliphatic rings. The van der Waals surface area contributed by atoms with Crippen LogP contribution in [0, 0.1) is 0 Å². The molecule has 0 radical (unpaired) electrons. The van der Waals surface area contributed by atoms with Gasteiger partial charge in [0.05, 0.1) is 18.2 Å². The summed E-state index contributed by atoms with van der Waals surface area (Å²) in [5.41, 5.74) is 1.04. The molecular formula is C11H16ClNO2. The minimum atomic E-state index is 0.0124. The lowest BCUT2D eigenvalue weighted by Gasteiger charge is -2.16. The number of halogens is 1. The zero-order valence-corrected chi connectivity index (χ0v) is 9.97. The van der Waals surface area contributed by atoms with Crippen LogP contribution in [0.2, 0.25) is 5.02 Å². The van der Waals surface area contributed by atoms with E-state index in [4.69, 9.17) is 21.1 Å². The lowest BCUT2D eigenvalue weighted by molar-refractivity contribution is 0.104. The lowest BCUT2D eigenvalue weighted by Crippen LogP contribution is -2.18. The van der Waals surface area contributed by atoms with Crippen LogP contribution in [0.1, 0.15) is 11.7 Å². The fraction of sp³-hybridized carbons (Fsp3) is 0.455. The Morgan fingerprint density at radius 3 is 2.60 bits per heavy atom. The maximum absolute atomic E-state index is 6.03. The van der Waals surface area contributed by atoms with E-state index < -0.39 is 0 Å². The van der Waals surface area contributed by atoms with E-state index in [1.807, 2.05) is 25.2 Å². The Labute approximate surface area is 95.3 Å². The third-order valence-electron chi connectivity index (χ3n) is 2.22. The third kappa shape index (κ3) is 3.09. The third-order valence-corrected chi connectivity index (χ3v) is 2.52. The van der Waals surface area contributed by atoms with Gasteiger partial charge in [-0.05, 0) is 24.7 Å². The summed E-state index contributed by atoms with van der Waals surface area (Å²) < 4.78 is 10.4. The van der Waals surface area contributed by atoms with E-state index in [9.17, 15) is 0 Å². The summed E-state index contributed by atoms with van der Waals surface area (Å²) in [6, 6.07) is 5.67. The van der Waals surface area contributed by atoms with Crippen LogP contribution in [-0.2, 0) is 4.74 Å². The number of hydrogen-bond donors (Lipinski definition) is 1. The van der Waals surface area contributed by atoms with Gasteiger partial charge in [0.15, 0.2) is 0 Å². The largest absolute Gasteiger partial charge is 0.495 e. The first-order chi connectivity index (χ1) is 7.22. The van der Waals surface area contributed by atoms with E-state index in [-0.39, 0.29) is 6.10 Å². The summed E-state index contributed by atoms with van der Waals surface area (Å²) >= 11 is 6.03. The molecule has 0 amide bonds. The van der Waals surface area contributed by atoms with Crippen molar-refractivity contribution in [1.29, 1.82) is 0 Å². The fourth-order valence-electron chi connectivity index (χ4n) is 1.41. The van der Waals surface area contributed by atoms with Crippen LogP contribution in [0.15, 0.2) is 18.2 Å². The van der Waals surface area contributed by atoms with Crippen LogP contribution >= 0.6 is 11.6 Å². The van der Waals surface area contributed by atoms with Gasteiger partial charge in [0.25, 0.3) is 0 Å². The molecule has 0 aliphatic heterocycles. The molecule has 3 nitrogen and oxygen atoms in total. The fourth-order valence-corrected chi connectivity index (χ4v) is 1.67. The maximum Gasteiger partial charge on any atom is 0.137 e. The summed E-state index contributed by atoms with van der Waals surface area (Å²) in [6.45, 7) is 0.749. The number of nitrogens with one attached hydrogen (secondary N) is 1. The number of likely N-dealkylation sites (N-methyl/N-ethyl adjacent to an activating group) is 1. The molecule has 1 atom stereocenters. The molecule has 84 valence electrons. The SMILES string of the molecule is CNCC(OC)c1ccc(OC)c(Cl)c1. The molecule has 4 heteroatoms. The molecule has 0 aliphatic carbocycles. The van der Waals surface area contributed by atoms with Crippen molar-refractivity contribution in [2.75, 3.05) is 27.8 Å². The van der Waals surface area contributed by atoms with E-state index in [0.717, 1.165) is 12.1 Å². The number of rotatable bonds is 5. The van der Waals surface area contributed by atoms with Crippen molar-refractivity contribution < 1.29 is 9.47 Å². The van der Waals surface area contributed by atoms with Crippen molar-refractivity contribution in [3.05, 3.63) is 28.8 Å². The standard InChI is InChI=1S/C11H16ClNO2/c1-13-7-11(15-3)8-4-5-10(14-2)9(12)6-8/h4-6,11,13H,7H2,1-3H3. The van der Waals surface area contributed by atoms with Crippen LogP contribution < -0.4 is 10.1 Å². The molecule has 0 fully saturated rings. The van der Waals surface area contributed by atoms with Gasteiger partial charge in [0.1, 0.15) is 5.75 Å². The number of benzene rings is 1. The van der Waals surface area contributed by atoms with Crippen molar-refractivity contribution in [2.45, 2.75) is 6.10 Å². The minimum absolute atomic E-state index is 0.0124. The average Bonchev–Trinajstić information content (AvgIpc) is 2.25. The highest BCUT2D eigenvalue weighted by Crippen LogP contribution is 2.28. The van der Waals surface area contributed by atoms with Crippen LogP contribution in [0.4, 0.5) is 0 Å². The van der Waals surface area contributed by atoms with Gasteiger partial charge in [-0.1, -0.05) is 17.7 Å². The van der Waals surface area contributed by atoms with E-state index in [1.165, 1.54) is 0 Å². The minimum Gasteiger partial charge on any atom is -0.495 e. The molecule has 0 bridgehead atoms. The Bertz CT molecular complexity index is 317. The molecule has 1 N–H and O–H groups in total. The Balaban J connectivity index is 2.89. The Hall–Kier alpha value is -0.770. The van der Waals surface area contributed by atoms with Crippen LogP contribution in [0.25, 0.3) is 0 Å². The van der Waals surface area contributed by atoms with Gasteiger partial charge in [-0.3, -0.25) is 0 Å². The first kappa shape index (κ1) is 12.3. The van der Waals surface area contributed by atoms with Gasteiger partial charge in [-0.2, -0.15) is 0 Å². The zero-order valence-electron chi connectivity index (χ0n) is 9.21. The highest BCUT2D eigenvalue weighted by atomic mass is 35.5. The molecule has 0 aromatic heterocycles. The highest BCUT2D eigenvalue weighted by Gasteiger charge is 2.11. The average molecular weight is 230 g/mol. The molecule has 0 heterocycles. The highest BCUT2D eigenvalue weighted by molar-refractivity contribution is 6.32. The monoisotopic (exact) mass is 229 g/mol. The maximum atomic E-state index is 6.03. The lowest BCUT2D eigenvalue weighted by atomic mass is 10.1. The van der Waals surface area contributed by atoms with E-state index in [2.05, 4.69) is 5.32 Å². The number of methoxy groups -OCH3 is 2. The predicted molar refractivity (Wildman–Crippen MR) is 61.7 cm³/mol. The summed E-state index contributed by atoms with van der Waals surface area (Å²) in [7, 11) is 5.17. The molecule has 15 heavy (non-hydrogen) atoms. The van der Waals surface area contributed by atoms with Crippen LogP contribution in [0.3, 0.4) is 0 Å². The van der Waals surface area contributed by atoms with Crippen molar-refractivity contribution in [2.24, 2.45) is 0 Å². The number of ether oxygens (including phenoxy) is 2. The quantitative estimate of drug-likeness (QED) is 0.840. The van der Waals surface area contributed by atoms with Gasteiger partial charge in [0, 0.05) is 13.7 Å². The number of hydrogen-bond acceptors (Lipinski definition) is 3. The van der Waals surface area contributed by atoms with Gasteiger partial charge >= 0.3 is 0 Å². The van der Waals surface area contributed by atoms with Crippen LogP contribution in [-0.4, -0.2) is 27.8 Å². The summed E-state index contributed by atoms with van der Waals surface area (Å²) in [5.74, 6) is 0.680. The Morgan fingerprint density at radius 1 is 1.40 bits per heavy atom. The molecule has 0 saturated heterocycles. The molecular weight excluding hydrogens is 214 g/mol. The second-order valence-corrected chi connectivity index (χ2v) is 3.58. The predicted octanol–water partition coefficient (Wildman–Crippen LogP) is 2.26. The van der Waals surface area contributed by atoms with Crippen LogP contribution in [0.5, 0.6) is 5.75 Å². The second kappa shape index (κ2) is 5.95. The van der Waals surface area contributed by atoms with Crippen molar-refractivity contribution >= 4 is 11.6 Å². The topological polar surface area (TPSA) is 30.5 Å². The Kier molecular flexibility index (Phi) is 4.88. The first-order valence-corrected chi connectivity index (χ1v) is 5.11. The van der Waals surface area contributed by atoms with Gasteiger partial charge in [-0.25, -0.2) is 0 Å². The molecule has 1 aromatic rings. The van der Waals surface area contributed by atoms with Gasteiger partial charge in [-0.15, -0.1) is 0 Å². The normalized spacial score (nSPS) is 12.5. The molecule has 0 saturated carbocycles. The van der Waals surface area contributed by atoms with E-state index >= 15 is 0 Å². The summed E-state index contributed by atoms with van der Waals surface area (Å²) in [4.78, 5) is 0. The van der Waals surface area contributed by atoms with E-state index in [0.29, 0.717) is 10.8 Å². The molecule has 1 rings (SSSR count). The van der Waals surface area contributed by atoms with Gasteiger partial charge in [0.2, 0.25) is 0 Å².